The largest absolute Gasteiger partial charge is 0.344 e. The van der Waals surface area contributed by atoms with Crippen LogP contribution in [0.4, 0.5) is 5.13 Å². The van der Waals surface area contributed by atoms with Crippen LogP contribution in [0.5, 0.6) is 0 Å². The van der Waals surface area contributed by atoms with Crippen molar-refractivity contribution in [1.82, 2.24) is 9.88 Å². The van der Waals surface area contributed by atoms with E-state index in [0.717, 1.165) is 5.56 Å². The number of benzene rings is 1. The van der Waals surface area contributed by atoms with Crippen LogP contribution in [0.25, 0.3) is 6.08 Å². The Bertz CT molecular complexity index is 828. The van der Waals surface area contributed by atoms with Gasteiger partial charge in [0, 0.05) is 20.2 Å². The number of hydrogen-bond acceptors (Lipinski definition) is 4. The highest BCUT2D eigenvalue weighted by atomic mass is 32.1. The number of aromatic nitrogens is 1. The smallest absolute Gasteiger partial charge is 0.265 e. The summed E-state index contributed by atoms with van der Waals surface area (Å²) in [6.07, 6.45) is 3.23. The molecule has 138 valence electrons. The van der Waals surface area contributed by atoms with E-state index in [0.29, 0.717) is 15.7 Å². The van der Waals surface area contributed by atoms with Crippen LogP contribution in [0.15, 0.2) is 30.3 Å². The van der Waals surface area contributed by atoms with Gasteiger partial charge < -0.3 is 4.90 Å². The summed E-state index contributed by atoms with van der Waals surface area (Å²) in [6, 6.07) is 8.12. The number of thiazole rings is 1. The Kier molecular flexibility index (Phi) is 5.97. The minimum atomic E-state index is -0.275. The minimum absolute atomic E-state index is 0.101. The summed E-state index contributed by atoms with van der Waals surface area (Å²) in [5.41, 5.74) is 2.91. The van der Waals surface area contributed by atoms with E-state index in [2.05, 4.69) is 43.2 Å². The molecule has 0 aliphatic rings. The van der Waals surface area contributed by atoms with E-state index in [-0.39, 0.29) is 17.2 Å². The van der Waals surface area contributed by atoms with Crippen molar-refractivity contribution >= 4 is 34.4 Å². The molecule has 1 aromatic carbocycles. The predicted molar refractivity (Wildman–Crippen MR) is 108 cm³/mol. The van der Waals surface area contributed by atoms with E-state index in [1.54, 1.807) is 27.1 Å². The van der Waals surface area contributed by atoms with Crippen molar-refractivity contribution in [1.29, 1.82) is 0 Å². The second-order valence-electron chi connectivity index (χ2n) is 7.33. The third-order valence-corrected chi connectivity index (χ3v) is 4.89. The van der Waals surface area contributed by atoms with E-state index < -0.39 is 0 Å². The van der Waals surface area contributed by atoms with E-state index in [9.17, 15) is 9.59 Å². The first kappa shape index (κ1) is 19.8. The Balaban J connectivity index is 2.04. The van der Waals surface area contributed by atoms with Crippen LogP contribution in [0.3, 0.4) is 0 Å². The Labute approximate surface area is 158 Å². The van der Waals surface area contributed by atoms with Gasteiger partial charge in [-0.05, 0) is 29.5 Å². The Hall–Kier alpha value is -2.47. The number of aryl methyl sites for hydroxylation is 1. The zero-order chi connectivity index (χ0) is 19.5. The number of amides is 2. The minimum Gasteiger partial charge on any atom is -0.344 e. The fourth-order valence-electron chi connectivity index (χ4n) is 2.26. The summed E-state index contributed by atoms with van der Waals surface area (Å²) in [6.45, 7) is 8.25. The molecule has 1 heterocycles. The topological polar surface area (TPSA) is 62.3 Å². The van der Waals surface area contributed by atoms with Gasteiger partial charge in [-0.1, -0.05) is 56.4 Å². The van der Waals surface area contributed by atoms with Crippen molar-refractivity contribution in [2.75, 3.05) is 19.4 Å². The quantitative estimate of drug-likeness (QED) is 0.823. The zero-order valence-corrected chi connectivity index (χ0v) is 16.9. The number of hydrogen-bond donors (Lipinski definition) is 1. The molecule has 2 rings (SSSR count). The molecule has 0 aliphatic heterocycles. The summed E-state index contributed by atoms with van der Waals surface area (Å²) in [7, 11) is 3.38. The maximum Gasteiger partial charge on any atom is 0.265 e. The molecule has 0 saturated heterocycles. The highest BCUT2D eigenvalue weighted by molar-refractivity contribution is 7.17. The molecule has 0 saturated carbocycles. The Morgan fingerprint density at radius 2 is 1.77 bits per heavy atom. The highest BCUT2D eigenvalue weighted by Crippen LogP contribution is 2.24. The van der Waals surface area contributed by atoms with Crippen LogP contribution in [0, 0.1) is 6.92 Å². The van der Waals surface area contributed by atoms with E-state index >= 15 is 0 Å². The van der Waals surface area contributed by atoms with Crippen molar-refractivity contribution in [2.24, 2.45) is 0 Å². The van der Waals surface area contributed by atoms with Crippen LogP contribution in [0.1, 0.15) is 47.3 Å². The Morgan fingerprint density at radius 3 is 2.31 bits per heavy atom. The fourth-order valence-corrected chi connectivity index (χ4v) is 3.26. The lowest BCUT2D eigenvalue weighted by Gasteiger charge is -2.18. The van der Waals surface area contributed by atoms with Crippen LogP contribution >= 0.6 is 11.3 Å². The van der Waals surface area contributed by atoms with Crippen LogP contribution in [-0.4, -0.2) is 35.8 Å². The molecule has 0 bridgehead atoms. The molecule has 0 aliphatic carbocycles. The third kappa shape index (κ3) is 5.02. The molecule has 26 heavy (non-hydrogen) atoms. The van der Waals surface area contributed by atoms with Crippen molar-refractivity contribution in [3.05, 3.63) is 52.0 Å². The summed E-state index contributed by atoms with van der Waals surface area (Å²) in [5.74, 6) is -0.391. The van der Waals surface area contributed by atoms with Crippen LogP contribution < -0.4 is 5.32 Å². The number of anilines is 1. The van der Waals surface area contributed by atoms with Gasteiger partial charge in [0.15, 0.2) is 5.13 Å². The normalized spacial score (nSPS) is 11.6. The average molecular weight is 372 g/mol. The standard InChI is InChI=1S/C20H25N3O2S/c1-13-17(18(25)23(5)6)26-19(21-13)22-16(24)12-9-14-7-10-15(11-8-14)20(2,3)4/h7-12H,1-6H3,(H,21,22,24)/b12-9+. The first-order chi connectivity index (χ1) is 12.1. The summed E-state index contributed by atoms with van der Waals surface area (Å²) >= 11 is 1.18. The van der Waals surface area contributed by atoms with Gasteiger partial charge >= 0.3 is 0 Å². The highest BCUT2D eigenvalue weighted by Gasteiger charge is 2.17. The van der Waals surface area contributed by atoms with Crippen LogP contribution in [-0.2, 0) is 10.2 Å². The lowest BCUT2D eigenvalue weighted by Crippen LogP contribution is -2.21. The molecule has 0 atom stereocenters. The molecule has 0 fully saturated rings. The first-order valence-corrected chi connectivity index (χ1v) is 9.18. The second-order valence-corrected chi connectivity index (χ2v) is 8.33. The molecular formula is C20H25N3O2S. The maximum absolute atomic E-state index is 12.1. The molecule has 0 unspecified atom stereocenters. The Morgan fingerprint density at radius 1 is 1.15 bits per heavy atom. The lowest BCUT2D eigenvalue weighted by molar-refractivity contribution is -0.111. The van der Waals surface area contributed by atoms with Gasteiger partial charge in [0.05, 0.1) is 5.69 Å². The van der Waals surface area contributed by atoms with Crippen molar-refractivity contribution in [3.63, 3.8) is 0 Å². The third-order valence-electron chi connectivity index (χ3n) is 3.83. The molecule has 0 radical (unpaired) electrons. The van der Waals surface area contributed by atoms with Crippen molar-refractivity contribution in [3.8, 4) is 0 Å². The summed E-state index contributed by atoms with van der Waals surface area (Å²) in [4.78, 5) is 30.4. The maximum atomic E-state index is 12.1. The number of carbonyl (C=O) groups is 2. The summed E-state index contributed by atoms with van der Waals surface area (Å²) in [5, 5.41) is 3.14. The van der Waals surface area contributed by atoms with Crippen molar-refractivity contribution < 1.29 is 9.59 Å². The average Bonchev–Trinajstić information content (AvgIpc) is 2.91. The van der Waals surface area contributed by atoms with Gasteiger partial charge in [0.1, 0.15) is 4.88 Å². The van der Waals surface area contributed by atoms with E-state index in [4.69, 9.17) is 0 Å². The molecule has 2 amide bonds. The molecular weight excluding hydrogens is 346 g/mol. The van der Waals surface area contributed by atoms with Crippen molar-refractivity contribution in [2.45, 2.75) is 33.1 Å². The number of carbonyl (C=O) groups excluding carboxylic acids is 2. The molecule has 6 heteroatoms. The van der Waals surface area contributed by atoms with Gasteiger partial charge in [-0.25, -0.2) is 4.98 Å². The molecule has 2 aromatic rings. The fraction of sp³-hybridized carbons (Fsp3) is 0.350. The molecule has 5 nitrogen and oxygen atoms in total. The van der Waals surface area contributed by atoms with E-state index in [1.807, 2.05) is 12.1 Å². The second kappa shape index (κ2) is 7.83. The van der Waals surface area contributed by atoms with Gasteiger partial charge in [-0.15, -0.1) is 0 Å². The van der Waals surface area contributed by atoms with Gasteiger partial charge in [-0.3, -0.25) is 14.9 Å². The van der Waals surface area contributed by atoms with Gasteiger partial charge in [0.2, 0.25) is 5.91 Å². The van der Waals surface area contributed by atoms with Gasteiger partial charge in [0.25, 0.3) is 5.91 Å². The van der Waals surface area contributed by atoms with E-state index in [1.165, 1.54) is 27.9 Å². The predicted octanol–water partition coefficient (Wildman–Crippen LogP) is 4.10. The number of nitrogens with one attached hydrogen (secondary N) is 1. The SMILES string of the molecule is Cc1nc(NC(=O)/C=C/c2ccc(C(C)(C)C)cc2)sc1C(=O)N(C)C. The number of nitrogens with zero attached hydrogens (tertiary/aromatic N) is 2. The number of rotatable bonds is 4. The molecule has 1 aromatic heterocycles. The van der Waals surface area contributed by atoms with Crippen LogP contribution in [0.2, 0.25) is 0 Å². The molecule has 0 spiro atoms. The molecule has 1 N–H and O–H groups in total. The monoisotopic (exact) mass is 371 g/mol. The van der Waals surface area contributed by atoms with Gasteiger partial charge in [-0.2, -0.15) is 0 Å². The zero-order valence-electron chi connectivity index (χ0n) is 16.1. The first-order valence-electron chi connectivity index (χ1n) is 8.36. The lowest BCUT2D eigenvalue weighted by atomic mass is 9.87. The summed E-state index contributed by atoms with van der Waals surface area (Å²) < 4.78 is 0.